The van der Waals surface area contributed by atoms with Crippen LogP contribution in [0.15, 0.2) is 0 Å². The Bertz CT molecular complexity index is 3900. The molecule has 9 aliphatic heterocycles. The molecule has 0 aromatic heterocycles. The Hall–Kier alpha value is -5.04. The topological polar surface area (TPSA) is 932 Å². The number of ether oxygens (including phenoxy) is 17. The van der Waals surface area contributed by atoms with Crippen LogP contribution >= 0.6 is 0 Å². The molecule has 0 bridgehead atoms. The Morgan fingerprint density at radius 2 is 0.620 bits per heavy atom. The van der Waals surface area contributed by atoms with Crippen molar-refractivity contribution >= 4 is 56.3 Å². The van der Waals surface area contributed by atoms with Crippen LogP contribution in [0.25, 0.3) is 0 Å². The molecule has 746 valence electrons. The molecule has 129 heavy (non-hydrogen) atoms. The van der Waals surface area contributed by atoms with E-state index in [2.05, 4.69) is 35.0 Å². The fourth-order valence-corrected chi connectivity index (χ4v) is 16.6. The van der Waals surface area contributed by atoms with E-state index in [4.69, 9.17) is 80.5 Å². The van der Waals surface area contributed by atoms with Crippen molar-refractivity contribution in [3.05, 3.63) is 0 Å². The van der Waals surface area contributed by atoms with Crippen molar-refractivity contribution in [3.8, 4) is 0 Å². The van der Waals surface area contributed by atoms with Gasteiger partial charge in [0.25, 0.3) is 5.79 Å². The summed E-state index contributed by atoms with van der Waals surface area (Å²) in [6.07, 6.45) is -92.2. The number of hydrogen-bond acceptors (Lipinski definition) is 52. The smallest absolute Gasteiger partial charge is 0.397 e. The van der Waals surface area contributed by atoms with E-state index in [1.165, 1.54) is 0 Å². The van der Waals surface area contributed by atoms with Crippen LogP contribution in [0.2, 0.25) is 0 Å². The maximum absolute atomic E-state index is 13.2. The SMILES string of the molecule is CC(=O)N[C@@H]1[C@@H](O[C@@H]2O[C@H](CO)[C@H](O)[C@H](O[C@@H]3O[C@H](CO)[C@@H](O[C@@H]4O[C@H](CO)[C@H](O)[C@H](O[C@@H]5O[C@H](COS(=O)(=O)O)[C@@H](O[C@@H]6O[C@H](CO)[C@H](O)[C@H](O[C@@H]7O[C@H](COS(=O)(=O)O)[C@@H](O[C@@H]8O[C@H](CO)[C@H](O)[C@H](O[C@]9(C(=O)O)C[C@H](O)[C@@H](NC(C)=O)[C@H]([C@H](O)[C@H](O)CO)O9)[C@H]8O)[C@H](O)[C@H]7NC(C)=O)[C@H]6O)[C@H](O)[C@H]5NC(C)=O)[C@H]4O)[C@H](O)[C@H]3NC(C)=O)[C@H]2O)[C@@H](O)[C@@H](CO)O[C@@H]1O. The zero-order valence-corrected chi connectivity index (χ0v) is 70.0. The van der Waals surface area contributed by atoms with Crippen LogP contribution in [0, 0.1) is 0 Å². The number of carbonyl (C=O) groups excluding carboxylic acids is 5. The quantitative estimate of drug-likeness (QED) is 0.0257. The van der Waals surface area contributed by atoms with Gasteiger partial charge in [0, 0.05) is 41.0 Å². The molecule has 0 saturated carbocycles. The molecular weight excluding hydrogens is 1820 g/mol. The van der Waals surface area contributed by atoms with E-state index in [1.807, 2.05) is 0 Å². The number of carbonyl (C=O) groups is 6. The number of carboxylic acids is 1. The van der Waals surface area contributed by atoms with Gasteiger partial charge in [-0.3, -0.25) is 33.1 Å². The molecule has 9 saturated heterocycles. The Kier molecular flexibility index (Phi) is 38.2. The van der Waals surface area contributed by atoms with Crippen molar-refractivity contribution in [1.29, 1.82) is 0 Å². The molecule has 0 aliphatic carbocycles. The standard InChI is InChI=1S/C67H111N5O55S2/c1-16(80)68-31-21(85)6-67(66(101)102,126-53(31)36(87)22(86)7-73)127-57-41(92)27(12-78)115-65(48(57)99)121-51-30(15-110-129(106,107)108)118-61(34(44(51)95)71-19(4)83)125-55-39(90)25(10-76)113-63(46(55)97)120-50-29(14-109-128(103,104)105)117-60(33(43(50)94)70-18(3)82)124-54-38(89)24(9-75)112-62(45(54)96)119-49-28(13-79)116-59(32(42(49)93)69-17(2)81)123-56-40(91)26(11-77)114-64(47(56)98)122-52-35(72-20(5)84)58(100)111-23(8-74)37(52)88/h21-65,73-79,85-100H,6-15H2,1-5H3,(H,68,80)(H,69,81)(H,70,82)(H,71,83)(H,72,84)(H,101,102)(H,103,104,105)(H,106,107,108)/t21-,22+,23+,24+,25+,26+,27+,28+,29+,30+,31+,32+,33+,34+,35+,36+,37-,38-,39-,40-,41-,42+,43+,44+,45+,46+,47+,48+,49+,50+,51+,52+,53+,54-,55-,56-,57-,58-,59-,60-,61-,62-,63-,64-,65-,67-/m0/s1. The first kappa shape index (κ1) is 108. The molecule has 9 fully saturated rings. The van der Waals surface area contributed by atoms with Crippen LogP contribution in [0.1, 0.15) is 41.0 Å². The Morgan fingerprint density at radius 1 is 0.349 bits per heavy atom. The average molecular weight is 1930 g/mol. The lowest BCUT2D eigenvalue weighted by Crippen LogP contribution is -2.71. The summed E-state index contributed by atoms with van der Waals surface area (Å²) < 4.78 is 177. The number of aliphatic hydroxyl groups excluding tert-OH is 23. The Labute approximate surface area is 728 Å². The van der Waals surface area contributed by atoms with Gasteiger partial charge >= 0.3 is 26.8 Å². The summed E-state index contributed by atoms with van der Waals surface area (Å²) in [4.78, 5) is 76.9. The number of rotatable bonds is 37. The summed E-state index contributed by atoms with van der Waals surface area (Å²) in [6.45, 7) is -7.10. The highest BCUT2D eigenvalue weighted by Crippen LogP contribution is 2.43. The molecule has 9 rings (SSSR count). The highest BCUT2D eigenvalue weighted by Gasteiger charge is 2.64. The summed E-state index contributed by atoms with van der Waals surface area (Å²) in [5.74, 6) is -10.6. The molecule has 46 atom stereocenters. The number of nitrogens with one attached hydrogen (secondary N) is 5. The second-order valence-electron chi connectivity index (χ2n) is 31.3. The summed E-state index contributed by atoms with van der Waals surface area (Å²) in [7, 11) is -11.3. The predicted molar refractivity (Wildman–Crippen MR) is 393 cm³/mol. The molecule has 0 radical (unpaired) electrons. The van der Waals surface area contributed by atoms with Gasteiger partial charge in [-0.2, -0.15) is 16.8 Å². The number of hydrogen-bond donors (Lipinski definition) is 31. The number of carboxylic acid groups (broad SMARTS) is 1. The van der Waals surface area contributed by atoms with Crippen molar-refractivity contribution < 1.29 is 266 Å². The highest BCUT2D eigenvalue weighted by atomic mass is 32.3. The minimum atomic E-state index is -5.65. The molecule has 0 spiro atoms. The maximum atomic E-state index is 13.2. The number of amides is 5. The Balaban J connectivity index is 0.959. The summed E-state index contributed by atoms with van der Waals surface area (Å²) in [5.41, 5.74) is 0. The van der Waals surface area contributed by atoms with E-state index in [-0.39, 0.29) is 0 Å². The summed E-state index contributed by atoms with van der Waals surface area (Å²) >= 11 is 0. The van der Waals surface area contributed by atoms with Crippen LogP contribution in [-0.4, -0.2) is 525 Å². The van der Waals surface area contributed by atoms with E-state index < -0.39 is 404 Å². The average Bonchev–Trinajstić information content (AvgIpc) is 0.738. The molecular formula is C67H111N5O55S2. The van der Waals surface area contributed by atoms with Gasteiger partial charge in [0.2, 0.25) is 29.5 Å². The number of aliphatic carboxylic acids is 1. The van der Waals surface area contributed by atoms with E-state index >= 15 is 0 Å². The van der Waals surface area contributed by atoms with Crippen molar-refractivity contribution in [2.45, 2.75) is 323 Å². The molecule has 62 heteroatoms. The fraction of sp³-hybridized carbons (Fsp3) is 0.910. The van der Waals surface area contributed by atoms with Crippen molar-refractivity contribution in [1.82, 2.24) is 26.6 Å². The van der Waals surface area contributed by atoms with Crippen LogP contribution < -0.4 is 26.6 Å². The van der Waals surface area contributed by atoms with Crippen molar-refractivity contribution in [2.24, 2.45) is 0 Å². The molecule has 31 N–H and O–H groups in total. The molecule has 60 nitrogen and oxygen atoms in total. The fourth-order valence-electron chi connectivity index (χ4n) is 16.0. The second-order valence-corrected chi connectivity index (χ2v) is 33.5. The first-order valence-electron chi connectivity index (χ1n) is 39.6. The van der Waals surface area contributed by atoms with Gasteiger partial charge in [-0.25, -0.2) is 13.2 Å². The largest absolute Gasteiger partial charge is 0.477 e. The lowest BCUT2D eigenvalue weighted by atomic mass is 9.88. The van der Waals surface area contributed by atoms with Gasteiger partial charge in [-0.1, -0.05) is 0 Å². The molecule has 5 amide bonds. The Morgan fingerprint density at radius 3 is 0.938 bits per heavy atom. The summed E-state index contributed by atoms with van der Waals surface area (Å²) in [6, 6.07) is -9.92. The lowest BCUT2D eigenvalue weighted by molar-refractivity contribution is -0.392. The highest BCUT2D eigenvalue weighted by molar-refractivity contribution is 7.81. The normalized spacial score (nSPS) is 44.7. The first-order chi connectivity index (χ1) is 60.4. The van der Waals surface area contributed by atoms with E-state index in [9.17, 15) is 177 Å². The van der Waals surface area contributed by atoms with Crippen LogP contribution in [0.5, 0.6) is 0 Å². The van der Waals surface area contributed by atoms with E-state index in [1.54, 1.807) is 0 Å². The monoisotopic (exact) mass is 1930 g/mol. The molecule has 9 heterocycles. The third-order valence-corrected chi connectivity index (χ3v) is 23.0. The van der Waals surface area contributed by atoms with Gasteiger partial charge in [0.15, 0.2) is 50.3 Å². The van der Waals surface area contributed by atoms with Crippen molar-refractivity contribution in [2.75, 3.05) is 59.5 Å². The van der Waals surface area contributed by atoms with Crippen LogP contribution in [0.3, 0.4) is 0 Å². The van der Waals surface area contributed by atoms with Gasteiger partial charge in [0.05, 0.1) is 71.6 Å². The third-order valence-electron chi connectivity index (χ3n) is 22.2. The molecule has 0 unspecified atom stereocenters. The zero-order chi connectivity index (χ0) is 96.0. The third kappa shape index (κ3) is 25.4. The van der Waals surface area contributed by atoms with Crippen molar-refractivity contribution in [3.63, 3.8) is 0 Å². The van der Waals surface area contributed by atoms with E-state index in [0.717, 1.165) is 34.6 Å². The second kappa shape index (κ2) is 45.7. The van der Waals surface area contributed by atoms with Crippen LogP contribution in [-0.2, 0) is 138 Å². The van der Waals surface area contributed by atoms with Crippen LogP contribution in [0.4, 0.5) is 0 Å². The molecule has 0 aromatic carbocycles. The van der Waals surface area contributed by atoms with Gasteiger partial charge < -0.3 is 230 Å². The first-order valence-corrected chi connectivity index (χ1v) is 42.3. The lowest BCUT2D eigenvalue weighted by Gasteiger charge is -2.51. The predicted octanol–water partition coefficient (Wildman–Crippen LogP) is -21.0. The minimum absolute atomic E-state index is 0.793. The van der Waals surface area contributed by atoms with Gasteiger partial charge in [0.1, 0.15) is 213 Å². The van der Waals surface area contributed by atoms with Gasteiger partial charge in [-0.15, -0.1) is 0 Å². The summed E-state index contributed by atoms with van der Waals surface area (Å²) in [5, 5.41) is 281. The molecule has 0 aromatic rings. The minimum Gasteiger partial charge on any atom is -0.477 e. The van der Waals surface area contributed by atoms with Gasteiger partial charge in [-0.05, 0) is 0 Å². The van der Waals surface area contributed by atoms with E-state index in [0.29, 0.717) is 0 Å². The maximum Gasteiger partial charge on any atom is 0.397 e. The molecule has 9 aliphatic rings. The number of aliphatic hydroxyl groups is 23. The zero-order valence-electron chi connectivity index (χ0n) is 68.3.